The maximum atomic E-state index is 5.24. The highest BCUT2D eigenvalue weighted by Crippen LogP contribution is 2.31. The van der Waals surface area contributed by atoms with Gasteiger partial charge in [0.25, 0.3) is 0 Å². The summed E-state index contributed by atoms with van der Waals surface area (Å²) in [6.07, 6.45) is 0. The van der Waals surface area contributed by atoms with Crippen molar-refractivity contribution in [2.24, 2.45) is 0 Å². The summed E-state index contributed by atoms with van der Waals surface area (Å²) in [5.74, 6) is 0.963. The van der Waals surface area contributed by atoms with Crippen molar-refractivity contribution in [2.75, 3.05) is 7.11 Å². The third kappa shape index (κ3) is 2.00. The zero-order chi connectivity index (χ0) is 11.1. The lowest BCUT2D eigenvalue weighted by Gasteiger charge is -2.31. The molecule has 2 heteroatoms. The second-order valence-corrected chi connectivity index (χ2v) is 5.16. The van der Waals surface area contributed by atoms with Crippen LogP contribution in [0.2, 0.25) is 0 Å². The monoisotopic (exact) mass is 205 g/mol. The topological polar surface area (TPSA) is 12.5 Å². The molecule has 0 N–H and O–H groups in total. The number of hydrogen-bond donors (Lipinski definition) is 0. The van der Waals surface area contributed by atoms with E-state index in [2.05, 4.69) is 37.8 Å². The molecule has 2 rings (SSSR count). The number of nitrogens with zero attached hydrogens (tertiary/aromatic N) is 1. The molecular formula is C13H19NO. The summed E-state index contributed by atoms with van der Waals surface area (Å²) >= 11 is 0. The lowest BCUT2D eigenvalue weighted by Crippen LogP contribution is -2.36. The zero-order valence-corrected chi connectivity index (χ0v) is 10.0. The molecule has 0 radical (unpaired) electrons. The van der Waals surface area contributed by atoms with Gasteiger partial charge in [-0.15, -0.1) is 0 Å². The number of ether oxygens (including phenoxy) is 1. The Bertz CT molecular complexity index is 365. The van der Waals surface area contributed by atoms with Crippen molar-refractivity contribution < 1.29 is 4.74 Å². The van der Waals surface area contributed by atoms with Gasteiger partial charge in [0.15, 0.2) is 0 Å². The van der Waals surface area contributed by atoms with Crippen LogP contribution in [0, 0.1) is 0 Å². The first kappa shape index (κ1) is 10.5. The fourth-order valence-electron chi connectivity index (χ4n) is 1.97. The molecule has 0 fully saturated rings. The summed E-state index contributed by atoms with van der Waals surface area (Å²) in [5, 5.41) is 0. The minimum Gasteiger partial charge on any atom is -0.497 e. The van der Waals surface area contributed by atoms with Crippen LogP contribution in [0.25, 0.3) is 0 Å². The maximum absolute atomic E-state index is 5.24. The SMILES string of the molecule is COc1ccc2c(c1)CN(C(C)(C)C)C2. The van der Waals surface area contributed by atoms with E-state index in [1.807, 2.05) is 6.07 Å². The van der Waals surface area contributed by atoms with Gasteiger partial charge in [-0.1, -0.05) is 6.07 Å². The highest BCUT2D eigenvalue weighted by atomic mass is 16.5. The van der Waals surface area contributed by atoms with Gasteiger partial charge < -0.3 is 4.74 Å². The highest BCUT2D eigenvalue weighted by Gasteiger charge is 2.27. The molecule has 0 unspecified atom stereocenters. The number of fused-ring (bicyclic) bond motifs is 1. The molecule has 1 aromatic carbocycles. The van der Waals surface area contributed by atoms with Gasteiger partial charge in [0, 0.05) is 18.6 Å². The van der Waals surface area contributed by atoms with E-state index >= 15 is 0 Å². The Labute approximate surface area is 91.9 Å². The first-order valence-corrected chi connectivity index (χ1v) is 5.41. The quantitative estimate of drug-likeness (QED) is 0.699. The molecule has 1 aliphatic rings. The molecule has 1 aliphatic heterocycles. The summed E-state index contributed by atoms with van der Waals surface area (Å²) in [6.45, 7) is 8.88. The molecule has 0 amide bonds. The van der Waals surface area contributed by atoms with E-state index < -0.39 is 0 Å². The molecule has 2 nitrogen and oxygen atoms in total. The summed E-state index contributed by atoms with van der Waals surface area (Å²) in [6, 6.07) is 6.38. The summed E-state index contributed by atoms with van der Waals surface area (Å²) in [7, 11) is 1.72. The summed E-state index contributed by atoms with van der Waals surface area (Å²) < 4.78 is 5.24. The van der Waals surface area contributed by atoms with Crippen LogP contribution in [-0.4, -0.2) is 17.5 Å². The molecule has 0 spiro atoms. The Morgan fingerprint density at radius 1 is 1.13 bits per heavy atom. The molecule has 0 bridgehead atoms. The molecule has 15 heavy (non-hydrogen) atoms. The maximum Gasteiger partial charge on any atom is 0.119 e. The van der Waals surface area contributed by atoms with Crippen molar-refractivity contribution in [1.82, 2.24) is 4.90 Å². The van der Waals surface area contributed by atoms with E-state index in [4.69, 9.17) is 4.74 Å². The van der Waals surface area contributed by atoms with Crippen molar-refractivity contribution in [2.45, 2.75) is 39.4 Å². The van der Waals surface area contributed by atoms with Crippen molar-refractivity contribution in [3.8, 4) is 5.75 Å². The first-order valence-electron chi connectivity index (χ1n) is 5.41. The lowest BCUT2D eigenvalue weighted by molar-refractivity contribution is 0.136. The van der Waals surface area contributed by atoms with Crippen LogP contribution < -0.4 is 4.74 Å². The van der Waals surface area contributed by atoms with Crippen molar-refractivity contribution in [3.63, 3.8) is 0 Å². The summed E-state index contributed by atoms with van der Waals surface area (Å²) in [4.78, 5) is 2.48. The third-order valence-corrected chi connectivity index (χ3v) is 3.08. The van der Waals surface area contributed by atoms with Gasteiger partial charge in [0.1, 0.15) is 5.75 Å². The zero-order valence-electron chi connectivity index (χ0n) is 10.0. The predicted molar refractivity (Wildman–Crippen MR) is 62.0 cm³/mol. The fourth-order valence-corrected chi connectivity index (χ4v) is 1.97. The number of rotatable bonds is 1. The average molecular weight is 205 g/mol. The number of hydrogen-bond acceptors (Lipinski definition) is 2. The van der Waals surface area contributed by atoms with E-state index in [-0.39, 0.29) is 5.54 Å². The fraction of sp³-hybridized carbons (Fsp3) is 0.538. The molecular weight excluding hydrogens is 186 g/mol. The van der Waals surface area contributed by atoms with Gasteiger partial charge in [-0.2, -0.15) is 0 Å². The normalized spacial score (nSPS) is 16.5. The van der Waals surface area contributed by atoms with E-state index in [1.165, 1.54) is 11.1 Å². The minimum atomic E-state index is 0.242. The standard InChI is InChI=1S/C13H19NO/c1-13(2,3)14-8-10-5-6-12(15-4)7-11(10)9-14/h5-7H,8-9H2,1-4H3. The van der Waals surface area contributed by atoms with E-state index in [0.717, 1.165) is 18.8 Å². The van der Waals surface area contributed by atoms with Crippen LogP contribution in [0.1, 0.15) is 31.9 Å². The second kappa shape index (κ2) is 3.53. The van der Waals surface area contributed by atoms with Crippen LogP contribution in [-0.2, 0) is 13.1 Å². The Morgan fingerprint density at radius 3 is 2.40 bits per heavy atom. The van der Waals surface area contributed by atoms with Gasteiger partial charge in [-0.05, 0) is 44.0 Å². The van der Waals surface area contributed by atoms with Crippen LogP contribution in [0.15, 0.2) is 18.2 Å². The molecule has 0 aromatic heterocycles. The molecule has 0 saturated heterocycles. The van der Waals surface area contributed by atoms with Crippen molar-refractivity contribution >= 4 is 0 Å². The average Bonchev–Trinajstić information content (AvgIpc) is 2.59. The molecule has 0 atom stereocenters. The van der Waals surface area contributed by atoms with Gasteiger partial charge in [0.05, 0.1) is 7.11 Å². The Balaban J connectivity index is 2.24. The largest absolute Gasteiger partial charge is 0.497 e. The molecule has 0 aliphatic carbocycles. The van der Waals surface area contributed by atoms with Crippen molar-refractivity contribution in [3.05, 3.63) is 29.3 Å². The third-order valence-electron chi connectivity index (χ3n) is 3.08. The minimum absolute atomic E-state index is 0.242. The summed E-state index contributed by atoms with van der Waals surface area (Å²) in [5.41, 5.74) is 3.08. The highest BCUT2D eigenvalue weighted by molar-refractivity contribution is 5.38. The predicted octanol–water partition coefficient (Wildman–Crippen LogP) is 2.81. The van der Waals surface area contributed by atoms with Crippen LogP contribution in [0.5, 0.6) is 5.75 Å². The van der Waals surface area contributed by atoms with Gasteiger partial charge in [0.2, 0.25) is 0 Å². The molecule has 1 aromatic rings. The molecule has 1 heterocycles. The van der Waals surface area contributed by atoms with E-state index in [0.29, 0.717) is 0 Å². The Hall–Kier alpha value is -1.02. The van der Waals surface area contributed by atoms with E-state index in [1.54, 1.807) is 7.11 Å². The van der Waals surface area contributed by atoms with Gasteiger partial charge in [-0.3, -0.25) is 4.90 Å². The number of methoxy groups -OCH3 is 1. The van der Waals surface area contributed by atoms with Crippen LogP contribution >= 0.6 is 0 Å². The second-order valence-electron chi connectivity index (χ2n) is 5.16. The molecule has 82 valence electrons. The Kier molecular flexibility index (Phi) is 2.47. The molecule has 0 saturated carbocycles. The number of benzene rings is 1. The van der Waals surface area contributed by atoms with Crippen LogP contribution in [0.4, 0.5) is 0 Å². The smallest absolute Gasteiger partial charge is 0.119 e. The van der Waals surface area contributed by atoms with Crippen molar-refractivity contribution in [1.29, 1.82) is 0 Å². The van der Waals surface area contributed by atoms with Gasteiger partial charge >= 0.3 is 0 Å². The van der Waals surface area contributed by atoms with Gasteiger partial charge in [-0.25, -0.2) is 0 Å². The lowest BCUT2D eigenvalue weighted by atomic mass is 10.1. The Morgan fingerprint density at radius 2 is 1.80 bits per heavy atom. The van der Waals surface area contributed by atoms with Crippen LogP contribution in [0.3, 0.4) is 0 Å². The first-order chi connectivity index (χ1) is 7.00. The van der Waals surface area contributed by atoms with E-state index in [9.17, 15) is 0 Å².